The molecule has 0 bridgehead atoms. The van der Waals surface area contributed by atoms with E-state index in [1.54, 1.807) is 6.26 Å². The lowest BCUT2D eigenvalue weighted by Gasteiger charge is -2.11. The van der Waals surface area contributed by atoms with Gasteiger partial charge in [-0.1, -0.05) is 12.1 Å². The van der Waals surface area contributed by atoms with E-state index in [9.17, 15) is 0 Å². The van der Waals surface area contributed by atoms with Gasteiger partial charge >= 0.3 is 0 Å². The van der Waals surface area contributed by atoms with Crippen molar-refractivity contribution in [3.63, 3.8) is 0 Å². The number of para-hydroxylation sites is 1. The molecule has 0 spiro atoms. The van der Waals surface area contributed by atoms with Crippen molar-refractivity contribution in [2.75, 3.05) is 23.8 Å². The number of aliphatic hydroxyl groups excluding tert-OH is 1. The van der Waals surface area contributed by atoms with Crippen LogP contribution in [0.4, 0.5) is 11.8 Å². The molecule has 2 heterocycles. The second-order valence-corrected chi connectivity index (χ2v) is 4.85. The van der Waals surface area contributed by atoms with Gasteiger partial charge in [0.1, 0.15) is 11.6 Å². The maximum Gasteiger partial charge on any atom is 0.225 e. The highest BCUT2D eigenvalue weighted by atomic mass is 16.3. The second kappa shape index (κ2) is 6.91. The Balaban J connectivity index is 1.83. The van der Waals surface area contributed by atoms with Crippen LogP contribution in [0, 0.1) is 0 Å². The number of nitrogens with zero attached hydrogens (tertiary/aromatic N) is 2. The molecule has 114 valence electrons. The molecule has 0 aliphatic carbocycles. The zero-order valence-corrected chi connectivity index (χ0v) is 12.1. The number of benzene rings is 1. The zero-order chi connectivity index (χ0) is 15.2. The van der Waals surface area contributed by atoms with Crippen molar-refractivity contribution >= 4 is 22.7 Å². The lowest BCUT2D eigenvalue weighted by Crippen LogP contribution is -2.09. The first-order chi connectivity index (χ1) is 10.9. The lowest BCUT2D eigenvalue weighted by atomic mass is 10.2. The van der Waals surface area contributed by atoms with Crippen LogP contribution in [-0.4, -0.2) is 28.2 Å². The molecule has 0 fully saturated rings. The fourth-order valence-corrected chi connectivity index (χ4v) is 2.16. The first-order valence-corrected chi connectivity index (χ1v) is 7.24. The number of nitrogens with one attached hydrogen (secondary N) is 2. The number of aromatic nitrogens is 2. The van der Waals surface area contributed by atoms with Crippen LogP contribution in [0.15, 0.2) is 47.1 Å². The fourth-order valence-electron chi connectivity index (χ4n) is 2.16. The Morgan fingerprint density at radius 3 is 2.77 bits per heavy atom. The van der Waals surface area contributed by atoms with Crippen LogP contribution in [0.5, 0.6) is 0 Å². The molecule has 1 aromatic carbocycles. The molecule has 22 heavy (non-hydrogen) atoms. The molecule has 2 aromatic heterocycles. The highest BCUT2D eigenvalue weighted by Crippen LogP contribution is 2.22. The molecule has 3 N–H and O–H groups in total. The molecule has 0 saturated carbocycles. The van der Waals surface area contributed by atoms with Crippen molar-refractivity contribution in [3.8, 4) is 0 Å². The van der Waals surface area contributed by atoms with E-state index >= 15 is 0 Å². The number of anilines is 2. The van der Waals surface area contributed by atoms with Crippen LogP contribution in [0.2, 0.25) is 0 Å². The van der Waals surface area contributed by atoms with Crippen LogP contribution in [0.3, 0.4) is 0 Å². The molecule has 6 heteroatoms. The van der Waals surface area contributed by atoms with Crippen molar-refractivity contribution in [1.82, 2.24) is 9.97 Å². The van der Waals surface area contributed by atoms with E-state index in [4.69, 9.17) is 9.52 Å². The van der Waals surface area contributed by atoms with Crippen molar-refractivity contribution < 1.29 is 9.52 Å². The standard InChI is InChI=1S/C16H18N4O2/c21-9-4-8-17-15-13-6-1-2-7-14(13)19-16(20-15)18-11-12-5-3-10-22-12/h1-3,5-7,10,21H,4,8-9,11H2,(H2,17,18,19,20). The topological polar surface area (TPSA) is 83.2 Å². The van der Waals surface area contributed by atoms with Gasteiger partial charge in [-0.25, -0.2) is 4.98 Å². The van der Waals surface area contributed by atoms with Gasteiger partial charge in [0, 0.05) is 18.5 Å². The third-order valence-corrected chi connectivity index (χ3v) is 3.23. The van der Waals surface area contributed by atoms with Gasteiger partial charge in [-0.3, -0.25) is 0 Å². The summed E-state index contributed by atoms with van der Waals surface area (Å²) in [5.41, 5.74) is 0.867. The molecule has 6 nitrogen and oxygen atoms in total. The van der Waals surface area contributed by atoms with Crippen molar-refractivity contribution in [3.05, 3.63) is 48.4 Å². The van der Waals surface area contributed by atoms with E-state index in [1.807, 2.05) is 36.4 Å². The number of rotatable bonds is 7. The van der Waals surface area contributed by atoms with Gasteiger partial charge in [-0.15, -0.1) is 0 Å². The third-order valence-electron chi connectivity index (χ3n) is 3.23. The predicted molar refractivity (Wildman–Crippen MR) is 85.8 cm³/mol. The van der Waals surface area contributed by atoms with E-state index in [-0.39, 0.29) is 6.61 Å². The Labute approximate surface area is 128 Å². The molecule has 0 atom stereocenters. The summed E-state index contributed by atoms with van der Waals surface area (Å²) in [6.07, 6.45) is 2.31. The number of hydrogen-bond donors (Lipinski definition) is 3. The van der Waals surface area contributed by atoms with Gasteiger partial charge in [0.25, 0.3) is 0 Å². The molecule has 0 radical (unpaired) electrons. The monoisotopic (exact) mass is 298 g/mol. The summed E-state index contributed by atoms with van der Waals surface area (Å²) >= 11 is 0. The molecule has 0 amide bonds. The molecular weight excluding hydrogens is 280 g/mol. The van der Waals surface area contributed by atoms with E-state index in [0.717, 1.165) is 22.5 Å². The van der Waals surface area contributed by atoms with Crippen LogP contribution in [0.1, 0.15) is 12.2 Å². The third kappa shape index (κ3) is 3.35. The maximum atomic E-state index is 8.91. The normalized spacial score (nSPS) is 10.8. The summed E-state index contributed by atoms with van der Waals surface area (Å²) in [5.74, 6) is 2.13. The molecule has 3 rings (SSSR count). The van der Waals surface area contributed by atoms with Gasteiger partial charge < -0.3 is 20.2 Å². The quantitative estimate of drug-likeness (QED) is 0.582. The van der Waals surface area contributed by atoms with Gasteiger partial charge in [-0.2, -0.15) is 4.98 Å². The summed E-state index contributed by atoms with van der Waals surface area (Å²) < 4.78 is 5.29. The van der Waals surface area contributed by atoms with E-state index in [1.165, 1.54) is 0 Å². The Morgan fingerprint density at radius 2 is 1.95 bits per heavy atom. The molecular formula is C16H18N4O2. The Bertz CT molecular complexity index is 728. The van der Waals surface area contributed by atoms with Crippen LogP contribution >= 0.6 is 0 Å². The maximum absolute atomic E-state index is 8.91. The van der Waals surface area contributed by atoms with Crippen LogP contribution in [-0.2, 0) is 6.54 Å². The summed E-state index contributed by atoms with van der Waals surface area (Å²) in [4.78, 5) is 9.03. The van der Waals surface area contributed by atoms with E-state index in [2.05, 4.69) is 20.6 Å². The minimum Gasteiger partial charge on any atom is -0.467 e. The summed E-state index contributed by atoms with van der Waals surface area (Å²) in [5, 5.41) is 16.3. The first-order valence-electron chi connectivity index (χ1n) is 7.24. The largest absolute Gasteiger partial charge is 0.467 e. The van der Waals surface area contributed by atoms with Gasteiger partial charge in [0.15, 0.2) is 0 Å². The average Bonchev–Trinajstić information content (AvgIpc) is 3.06. The molecule has 0 aliphatic heterocycles. The first kappa shape index (κ1) is 14.3. The molecule has 0 saturated heterocycles. The number of hydrogen-bond acceptors (Lipinski definition) is 6. The Kier molecular flexibility index (Phi) is 4.50. The predicted octanol–water partition coefficient (Wildman–Crippen LogP) is 2.63. The average molecular weight is 298 g/mol. The number of aliphatic hydroxyl groups is 1. The van der Waals surface area contributed by atoms with Gasteiger partial charge in [0.2, 0.25) is 5.95 Å². The van der Waals surface area contributed by atoms with Gasteiger partial charge in [-0.05, 0) is 30.7 Å². The minimum atomic E-state index is 0.152. The van der Waals surface area contributed by atoms with E-state index in [0.29, 0.717) is 25.5 Å². The smallest absolute Gasteiger partial charge is 0.225 e. The Morgan fingerprint density at radius 1 is 1.05 bits per heavy atom. The van der Waals surface area contributed by atoms with Crippen LogP contribution in [0.25, 0.3) is 10.9 Å². The molecule has 0 unspecified atom stereocenters. The van der Waals surface area contributed by atoms with Crippen LogP contribution < -0.4 is 10.6 Å². The SMILES string of the molecule is OCCCNc1nc(NCc2ccco2)nc2ccccc12. The Hall–Kier alpha value is -2.60. The highest BCUT2D eigenvalue weighted by Gasteiger charge is 2.07. The summed E-state index contributed by atoms with van der Waals surface area (Å²) in [6, 6.07) is 11.6. The van der Waals surface area contributed by atoms with Gasteiger partial charge in [0.05, 0.1) is 18.3 Å². The van der Waals surface area contributed by atoms with Crippen molar-refractivity contribution in [2.24, 2.45) is 0 Å². The second-order valence-electron chi connectivity index (χ2n) is 4.85. The molecule has 0 aliphatic rings. The molecule has 3 aromatic rings. The van der Waals surface area contributed by atoms with Crippen molar-refractivity contribution in [1.29, 1.82) is 0 Å². The number of furan rings is 1. The number of fused-ring (bicyclic) bond motifs is 1. The van der Waals surface area contributed by atoms with Crippen molar-refractivity contribution in [2.45, 2.75) is 13.0 Å². The zero-order valence-electron chi connectivity index (χ0n) is 12.1. The summed E-state index contributed by atoms with van der Waals surface area (Å²) in [7, 11) is 0. The van der Waals surface area contributed by atoms with E-state index < -0.39 is 0 Å². The minimum absolute atomic E-state index is 0.152. The lowest BCUT2D eigenvalue weighted by molar-refractivity contribution is 0.292. The fraction of sp³-hybridized carbons (Fsp3) is 0.250. The summed E-state index contributed by atoms with van der Waals surface area (Å²) in [6.45, 7) is 1.34. The highest BCUT2D eigenvalue weighted by molar-refractivity contribution is 5.89.